The number of hydrogen-bond donors (Lipinski definition) is 1. The molecule has 0 bridgehead atoms. The van der Waals surface area contributed by atoms with Gasteiger partial charge in [-0.3, -0.25) is 10.1 Å². The fourth-order valence-electron chi connectivity index (χ4n) is 1.47. The fourth-order valence-corrected chi connectivity index (χ4v) is 2.31. The van der Waals surface area contributed by atoms with Gasteiger partial charge in [-0.1, -0.05) is 5.10 Å². The minimum Gasteiger partial charge on any atom is -0.402 e. The van der Waals surface area contributed by atoms with Crippen LogP contribution in [0.3, 0.4) is 0 Å². The van der Waals surface area contributed by atoms with E-state index in [0.29, 0.717) is 12.5 Å². The van der Waals surface area contributed by atoms with Gasteiger partial charge in [-0.05, 0) is 13.8 Å². The molecular formula is C11H14N4O3S. The van der Waals surface area contributed by atoms with Crippen molar-refractivity contribution in [1.82, 2.24) is 15.2 Å². The van der Waals surface area contributed by atoms with Crippen molar-refractivity contribution in [2.24, 2.45) is 0 Å². The number of nitrogens with zero attached hydrogens (tertiary/aromatic N) is 3. The summed E-state index contributed by atoms with van der Waals surface area (Å²) in [6, 6.07) is 0.0848. The van der Waals surface area contributed by atoms with Gasteiger partial charge in [0.2, 0.25) is 5.91 Å². The Balaban J connectivity index is 2.07. The maximum atomic E-state index is 11.5. The van der Waals surface area contributed by atoms with Crippen LogP contribution in [-0.4, -0.2) is 34.8 Å². The van der Waals surface area contributed by atoms with Crippen LogP contribution in [0.4, 0.5) is 6.01 Å². The highest BCUT2D eigenvalue weighted by molar-refractivity contribution is 7.15. The number of anilines is 1. The van der Waals surface area contributed by atoms with E-state index in [-0.39, 0.29) is 18.3 Å². The van der Waals surface area contributed by atoms with Crippen molar-refractivity contribution in [2.45, 2.75) is 20.3 Å². The first-order valence-corrected chi connectivity index (χ1v) is 6.48. The van der Waals surface area contributed by atoms with E-state index in [9.17, 15) is 4.79 Å². The van der Waals surface area contributed by atoms with Crippen LogP contribution in [0, 0.1) is 13.8 Å². The van der Waals surface area contributed by atoms with Crippen LogP contribution < -0.4 is 5.32 Å². The van der Waals surface area contributed by atoms with Gasteiger partial charge >= 0.3 is 6.01 Å². The van der Waals surface area contributed by atoms with Gasteiger partial charge in [0.1, 0.15) is 4.88 Å². The number of aromatic nitrogens is 3. The second-order valence-corrected chi connectivity index (χ2v) is 5.05. The molecule has 0 saturated carbocycles. The number of amides is 1. The first-order valence-electron chi connectivity index (χ1n) is 5.67. The van der Waals surface area contributed by atoms with Gasteiger partial charge in [-0.2, -0.15) is 0 Å². The van der Waals surface area contributed by atoms with Gasteiger partial charge in [0, 0.05) is 7.11 Å². The first kappa shape index (κ1) is 13.6. The van der Waals surface area contributed by atoms with Gasteiger partial charge in [-0.25, -0.2) is 4.98 Å². The highest BCUT2D eigenvalue weighted by Gasteiger charge is 2.15. The number of hydrogen-bond acceptors (Lipinski definition) is 7. The summed E-state index contributed by atoms with van der Waals surface area (Å²) < 4.78 is 10.2. The summed E-state index contributed by atoms with van der Waals surface area (Å²) in [5, 5.41) is 11.1. The van der Waals surface area contributed by atoms with Crippen LogP contribution in [-0.2, 0) is 9.53 Å². The van der Waals surface area contributed by atoms with Crippen LogP contribution in [0.1, 0.15) is 17.1 Å². The smallest absolute Gasteiger partial charge is 0.322 e. The Bertz CT molecular complexity index is 578. The molecule has 0 unspecified atom stereocenters. The number of ether oxygens (including phenoxy) is 1. The van der Waals surface area contributed by atoms with Crippen molar-refractivity contribution >= 4 is 23.3 Å². The molecule has 102 valence electrons. The lowest BCUT2D eigenvalue weighted by molar-refractivity contribution is -0.117. The van der Waals surface area contributed by atoms with Crippen molar-refractivity contribution in [2.75, 3.05) is 19.0 Å². The van der Waals surface area contributed by atoms with Crippen molar-refractivity contribution in [1.29, 1.82) is 0 Å². The molecule has 2 heterocycles. The zero-order valence-corrected chi connectivity index (χ0v) is 11.7. The van der Waals surface area contributed by atoms with Crippen LogP contribution in [0.25, 0.3) is 10.8 Å². The molecule has 0 aromatic carbocycles. The Morgan fingerprint density at radius 1 is 1.42 bits per heavy atom. The average molecular weight is 282 g/mol. The molecule has 2 aromatic rings. The SMILES string of the molecule is COCCC(=O)Nc1nnc(-c2sc(C)nc2C)o1. The van der Waals surface area contributed by atoms with E-state index in [1.165, 1.54) is 18.4 Å². The zero-order chi connectivity index (χ0) is 13.8. The number of nitrogens with one attached hydrogen (secondary N) is 1. The average Bonchev–Trinajstić information content (AvgIpc) is 2.93. The van der Waals surface area contributed by atoms with Gasteiger partial charge in [0.25, 0.3) is 5.89 Å². The number of carbonyl (C=O) groups is 1. The molecular weight excluding hydrogens is 268 g/mol. The second-order valence-electron chi connectivity index (χ2n) is 3.85. The number of carbonyl (C=O) groups excluding carboxylic acids is 1. The minimum atomic E-state index is -0.228. The summed E-state index contributed by atoms with van der Waals surface area (Å²) in [6.07, 6.45) is 0.243. The monoisotopic (exact) mass is 282 g/mol. The van der Waals surface area contributed by atoms with Crippen molar-refractivity contribution < 1.29 is 13.9 Å². The number of rotatable bonds is 5. The van der Waals surface area contributed by atoms with E-state index in [1.54, 1.807) is 0 Å². The summed E-state index contributed by atoms with van der Waals surface area (Å²) >= 11 is 1.47. The molecule has 1 amide bonds. The molecule has 0 fully saturated rings. The Hall–Kier alpha value is -1.80. The van der Waals surface area contributed by atoms with E-state index < -0.39 is 0 Å². The molecule has 0 spiro atoms. The van der Waals surface area contributed by atoms with E-state index in [1.807, 2.05) is 13.8 Å². The quantitative estimate of drug-likeness (QED) is 0.899. The first-order chi connectivity index (χ1) is 9.10. The highest BCUT2D eigenvalue weighted by Crippen LogP contribution is 2.29. The zero-order valence-electron chi connectivity index (χ0n) is 10.9. The third-order valence-electron chi connectivity index (χ3n) is 2.30. The summed E-state index contributed by atoms with van der Waals surface area (Å²) in [5.74, 6) is 0.138. The Kier molecular flexibility index (Phi) is 4.23. The standard InChI is InChI=1S/C11H14N4O3S/c1-6-9(19-7(2)12-6)10-14-15-11(18-10)13-8(16)4-5-17-3/h4-5H2,1-3H3,(H,13,15,16). The largest absolute Gasteiger partial charge is 0.402 e. The molecule has 0 aliphatic rings. The lowest BCUT2D eigenvalue weighted by atomic mass is 10.4. The lowest BCUT2D eigenvalue weighted by Gasteiger charge is -1.98. The molecule has 19 heavy (non-hydrogen) atoms. The minimum absolute atomic E-state index is 0.0848. The van der Waals surface area contributed by atoms with Crippen molar-refractivity contribution in [3.63, 3.8) is 0 Å². The van der Waals surface area contributed by atoms with Gasteiger partial charge < -0.3 is 9.15 Å². The maximum Gasteiger partial charge on any atom is 0.322 e. The molecule has 8 heteroatoms. The maximum absolute atomic E-state index is 11.5. The Morgan fingerprint density at radius 2 is 2.21 bits per heavy atom. The van der Waals surface area contributed by atoms with Gasteiger partial charge in [0.05, 0.1) is 23.7 Å². The Labute approximate surface area is 114 Å². The van der Waals surface area contributed by atoms with E-state index >= 15 is 0 Å². The third-order valence-corrected chi connectivity index (χ3v) is 3.36. The second kappa shape index (κ2) is 5.89. The molecule has 0 saturated heterocycles. The predicted molar refractivity (Wildman–Crippen MR) is 70.0 cm³/mol. The molecule has 0 radical (unpaired) electrons. The molecule has 2 rings (SSSR count). The lowest BCUT2D eigenvalue weighted by Crippen LogP contribution is -2.13. The third kappa shape index (κ3) is 3.36. The van der Waals surface area contributed by atoms with Crippen LogP contribution in [0.2, 0.25) is 0 Å². The number of aryl methyl sites for hydroxylation is 2. The van der Waals surface area contributed by atoms with Crippen LogP contribution in [0.5, 0.6) is 0 Å². The molecule has 0 aliphatic carbocycles. The normalized spacial score (nSPS) is 10.7. The van der Waals surface area contributed by atoms with E-state index in [0.717, 1.165) is 15.6 Å². The van der Waals surface area contributed by atoms with Crippen LogP contribution >= 0.6 is 11.3 Å². The summed E-state index contributed by atoms with van der Waals surface area (Å²) in [7, 11) is 1.53. The van der Waals surface area contributed by atoms with Gasteiger partial charge in [0.15, 0.2) is 0 Å². The van der Waals surface area contributed by atoms with E-state index in [2.05, 4.69) is 20.5 Å². The molecule has 0 aliphatic heterocycles. The summed E-state index contributed by atoms with van der Waals surface area (Å²) in [4.78, 5) is 16.6. The molecule has 2 aromatic heterocycles. The predicted octanol–water partition coefficient (Wildman–Crippen LogP) is 1.78. The highest BCUT2D eigenvalue weighted by atomic mass is 32.1. The van der Waals surface area contributed by atoms with Crippen molar-refractivity contribution in [3.05, 3.63) is 10.7 Å². The van der Waals surface area contributed by atoms with Gasteiger partial charge in [-0.15, -0.1) is 16.4 Å². The molecule has 0 atom stereocenters. The number of methoxy groups -OCH3 is 1. The fraction of sp³-hybridized carbons (Fsp3) is 0.455. The van der Waals surface area contributed by atoms with Crippen molar-refractivity contribution in [3.8, 4) is 10.8 Å². The summed E-state index contributed by atoms with van der Waals surface area (Å²) in [6.45, 7) is 4.13. The number of thiazole rings is 1. The molecule has 7 nitrogen and oxygen atoms in total. The summed E-state index contributed by atoms with van der Waals surface area (Å²) in [5.41, 5.74) is 0.836. The Morgan fingerprint density at radius 3 is 2.84 bits per heavy atom. The molecule has 1 N–H and O–H groups in total. The van der Waals surface area contributed by atoms with Crippen LogP contribution in [0.15, 0.2) is 4.42 Å². The topological polar surface area (TPSA) is 90.1 Å². The van der Waals surface area contributed by atoms with E-state index in [4.69, 9.17) is 9.15 Å².